The van der Waals surface area contributed by atoms with Crippen LogP contribution in [0.4, 0.5) is 0 Å². The fourth-order valence-corrected chi connectivity index (χ4v) is 38.1. The summed E-state index contributed by atoms with van der Waals surface area (Å²) in [5.41, 5.74) is 8.83. The van der Waals surface area contributed by atoms with Gasteiger partial charge in [-0.15, -0.1) is 0 Å². The molecule has 0 saturated heterocycles. The summed E-state index contributed by atoms with van der Waals surface area (Å²) in [5.74, 6) is 0. The van der Waals surface area contributed by atoms with E-state index in [1.807, 2.05) is 170 Å². The highest BCUT2D eigenvalue weighted by molar-refractivity contribution is 9.10. The van der Waals surface area contributed by atoms with Gasteiger partial charge in [-0.25, -0.2) is 18.7 Å². The Balaban J connectivity index is -0.000000204. The van der Waals surface area contributed by atoms with Crippen molar-refractivity contribution in [2.45, 2.75) is 0 Å². The summed E-state index contributed by atoms with van der Waals surface area (Å²) in [5, 5.41) is 16.4. The van der Waals surface area contributed by atoms with Crippen LogP contribution in [0.15, 0.2) is 361 Å². The van der Waals surface area contributed by atoms with E-state index < -0.39 is 21.6 Å². The molecule has 0 bridgehead atoms. The first-order chi connectivity index (χ1) is 53.1. The Morgan fingerprint density at radius 2 is 0.491 bits per heavy atom. The third-order valence-electron chi connectivity index (χ3n) is 18.2. The molecule has 0 fully saturated rings. The van der Waals surface area contributed by atoms with Crippen molar-refractivity contribution in [3.8, 4) is 0 Å². The van der Waals surface area contributed by atoms with E-state index in [-0.39, 0.29) is 32.8 Å². The maximum atomic E-state index is 15.5. The first kappa shape index (κ1) is 77.8. The van der Waals surface area contributed by atoms with Crippen molar-refractivity contribution >= 4 is 310 Å². The van der Waals surface area contributed by atoms with Crippen LogP contribution in [0.2, 0.25) is 0 Å². The van der Waals surface area contributed by atoms with E-state index in [0.29, 0.717) is 0 Å². The minimum absolute atomic E-state index is 0. The lowest BCUT2D eigenvalue weighted by Crippen LogP contribution is -2.25. The summed E-state index contributed by atoms with van der Waals surface area (Å²) in [6, 6.07) is 119. The number of halogens is 3. The number of rotatable bonds is 10. The zero-order valence-electron chi connectivity index (χ0n) is 56.5. The van der Waals surface area contributed by atoms with E-state index in [9.17, 15) is 0 Å². The summed E-state index contributed by atoms with van der Waals surface area (Å²) in [7, 11) is 5.58. The molecule has 4 heterocycles. The molecule has 0 aliphatic carbocycles. The second-order valence-electron chi connectivity index (χ2n) is 24.1. The Morgan fingerprint density at radius 3 is 0.769 bits per heavy atom. The summed E-state index contributed by atoms with van der Waals surface area (Å²) < 4.78 is 42.4. The molecule has 24 heteroatoms. The zero-order valence-corrected chi connectivity index (χ0v) is 72.9. The minimum atomic E-state index is -3.20. The van der Waals surface area contributed by atoms with Gasteiger partial charge in [-0.1, -0.05) is 298 Å². The van der Waals surface area contributed by atoms with Crippen LogP contribution in [0.25, 0.3) is 87.2 Å². The predicted molar refractivity (Wildman–Crippen MR) is 555 cm³/mol. The molecule has 0 aliphatic rings. The molecule has 580 valence electrons. The second-order valence-corrected chi connectivity index (χ2v) is 48.2. The molecule has 0 amide bonds. The SMILES string of the molecule is Brc1ccc2c(c1)c1ccccc1n2-n1c2ccccc2c2cc(Br)ccc21.ClP(c1ccccc1)c1ccccc1.O=P(c1ccccc1)(c1ccccc1)c1ccc2c(c1)c1ccccc1n2-n1c2ccccc2c2cc(P(=O)(c3ccccc3)c3ccccc3)ccc21.S=S.S=S=S=S=S=S=S=S=S=S.[HH].[HH].[HH].[HH].[HH].[HH].[HH].[HH].[HH].[HH].[HH].[HH].[HH].[HH].[HH].[HH].[HH].[HH].[HH].[HH].[HH].[HH].[HH]. The minimum Gasteiger partial charge on any atom is -0.309 e. The lowest BCUT2D eigenvalue weighted by atomic mass is 10.1. The molecule has 4 aromatic heterocycles. The highest BCUT2D eigenvalue weighted by Crippen LogP contribution is 2.47. The first-order valence-electron chi connectivity index (χ1n) is 33.3. The van der Waals surface area contributed by atoms with Gasteiger partial charge in [-0.3, -0.25) is 0 Å². The van der Waals surface area contributed by atoms with Gasteiger partial charge in [0.15, 0.2) is 14.3 Å². The van der Waals surface area contributed by atoms with Crippen molar-refractivity contribution in [3.63, 3.8) is 0 Å². The number of aromatic nitrogens is 4. The molecule has 108 heavy (non-hydrogen) atoms. The lowest BCUT2D eigenvalue weighted by molar-refractivity contribution is 0.591. The maximum absolute atomic E-state index is 15.5. The van der Waals surface area contributed by atoms with Gasteiger partial charge in [-0.05, 0) is 108 Å². The average Bonchev–Trinajstić information content (AvgIpc) is 1.57. The Labute approximate surface area is 724 Å². The van der Waals surface area contributed by atoms with Crippen molar-refractivity contribution in [3.05, 3.63) is 361 Å². The number of hydrogen-bond acceptors (Lipinski definition) is 6. The maximum Gasteiger partial charge on any atom is 0.171 e. The van der Waals surface area contributed by atoms with Gasteiger partial charge in [0.05, 0.1) is 51.4 Å². The van der Waals surface area contributed by atoms with E-state index in [0.717, 1.165) is 84.4 Å². The summed E-state index contributed by atoms with van der Waals surface area (Å²) in [6.45, 7) is 0. The van der Waals surface area contributed by atoms with Gasteiger partial charge in [0.25, 0.3) is 0 Å². The Kier molecular flexibility index (Phi) is 26.3. The van der Waals surface area contributed by atoms with Crippen molar-refractivity contribution in [1.29, 1.82) is 0 Å². The van der Waals surface area contributed by atoms with Crippen LogP contribution < -0.4 is 42.4 Å². The molecule has 18 aromatic rings. The van der Waals surface area contributed by atoms with Gasteiger partial charge < -0.3 is 9.13 Å². The first-order valence-corrected chi connectivity index (χ1v) is 53.9. The molecule has 14 aromatic carbocycles. The molecule has 0 radical (unpaired) electrons. The van der Waals surface area contributed by atoms with Gasteiger partial charge in [0.1, 0.15) is 0 Å². The molecular formula is C84H104Br2ClN4O2P3S12. The van der Waals surface area contributed by atoms with Crippen molar-refractivity contribution in [2.75, 3.05) is 0 Å². The molecule has 0 spiro atoms. The molecule has 0 N–H and O–H groups in total. The van der Waals surface area contributed by atoms with Crippen LogP contribution in [0, 0.1) is 0 Å². The Hall–Kier alpha value is -6.94. The van der Waals surface area contributed by atoms with Gasteiger partial charge in [0, 0.05) is 232 Å². The molecule has 6 nitrogen and oxygen atoms in total. The smallest absolute Gasteiger partial charge is 0.171 e. The Bertz CT molecular complexity index is 6450. The van der Waals surface area contributed by atoms with Gasteiger partial charge in [0.2, 0.25) is 0 Å². The fourth-order valence-electron chi connectivity index (χ4n) is 13.8. The topological polar surface area (TPSA) is 53.9 Å². The van der Waals surface area contributed by atoms with Crippen LogP contribution in [-0.2, 0) is 125 Å². The second kappa shape index (κ2) is 36.5. The van der Waals surface area contributed by atoms with E-state index in [2.05, 4.69) is 277 Å². The van der Waals surface area contributed by atoms with E-state index in [1.54, 1.807) is 53.3 Å². The fraction of sp³-hybridized carbons (Fsp3) is 0. The standard InChI is InChI=1S/C48H34N2O2P2.C24H14Br2N2.C12H10ClP.S10.S2.23H2/c51-53(35-17-5-1-6-18-35,36-19-7-2-8-20-36)39-29-31-47-43(33-39)41-25-13-15-27-45(41)49(47)50-46-28-16-14-26-42(46)44-34-40(30-32-48(44)50)54(52,37-21-9-3-10-22-37)38-23-11-4-12-24-38;25-15-9-11-23-19(13-15)17-5-1-3-7-21(17)27(23)28-22-8-4-2-6-18(22)20-14-16(26)10-12-24(20)28;13-14(11-7-3-1-4-8-11)12-9-5-2-6-10-12;1-3-5-7-9-10-8-6-4-2;1-2;;;;;;;;;;;;;;;;;;;;;;;/h1-34H;1-14H;1-10H;;;23*1H. The van der Waals surface area contributed by atoms with Gasteiger partial charge in [-0.2, -0.15) is 0 Å². The summed E-state index contributed by atoms with van der Waals surface area (Å²) >= 11 is 30.3. The van der Waals surface area contributed by atoms with Crippen LogP contribution in [0.5, 0.6) is 0 Å². The monoisotopic (exact) mass is 1870 g/mol. The number of nitrogens with zero attached hydrogens (tertiary/aromatic N) is 4. The number of hydrogen-bond donors (Lipinski definition) is 0. The number of para-hydroxylation sites is 4. The largest absolute Gasteiger partial charge is 0.309 e. The van der Waals surface area contributed by atoms with Crippen LogP contribution >= 0.6 is 64.7 Å². The molecule has 0 atom stereocenters. The van der Waals surface area contributed by atoms with Crippen molar-refractivity contribution in [2.24, 2.45) is 0 Å². The summed E-state index contributed by atoms with van der Waals surface area (Å²) in [6.07, 6.45) is 0. The van der Waals surface area contributed by atoms with Crippen LogP contribution in [0.3, 0.4) is 0 Å². The highest BCUT2D eigenvalue weighted by Gasteiger charge is 2.33. The van der Waals surface area contributed by atoms with Crippen LogP contribution in [0.1, 0.15) is 32.8 Å². The number of benzene rings is 14. The normalized spacial score (nSPS) is 11.2. The highest BCUT2D eigenvalue weighted by atomic mass is 79.9. The molecule has 0 aliphatic heterocycles. The van der Waals surface area contributed by atoms with Crippen molar-refractivity contribution in [1.82, 2.24) is 18.7 Å². The molecular weight excluding hydrogens is 1770 g/mol. The number of fused-ring (bicyclic) bond motifs is 12. The van der Waals surface area contributed by atoms with E-state index in [4.69, 9.17) is 11.2 Å². The third-order valence-corrected chi connectivity index (χ3v) is 43.6. The van der Waals surface area contributed by atoms with E-state index in [1.165, 1.54) is 72.0 Å². The molecule has 18 rings (SSSR count). The van der Waals surface area contributed by atoms with Crippen molar-refractivity contribution < 1.29 is 41.9 Å². The molecule has 0 saturated carbocycles. The third kappa shape index (κ3) is 16.0. The zero-order chi connectivity index (χ0) is 74.6. The quantitative estimate of drug-likeness (QED) is 0.127. The van der Waals surface area contributed by atoms with E-state index >= 15 is 9.13 Å². The van der Waals surface area contributed by atoms with Gasteiger partial charge >= 0.3 is 0 Å². The Morgan fingerprint density at radius 1 is 0.269 bits per heavy atom. The average molecular weight is 1870 g/mol. The summed E-state index contributed by atoms with van der Waals surface area (Å²) in [4.78, 5) is 0. The van der Waals surface area contributed by atoms with Crippen LogP contribution in [-0.4, -0.2) is 18.7 Å². The predicted octanol–water partition coefficient (Wildman–Crippen LogP) is 26.1. The molecule has 0 unspecified atom stereocenters. The lowest BCUT2D eigenvalue weighted by Gasteiger charge is -2.21.